The first-order valence-corrected chi connectivity index (χ1v) is 15.4. The molecule has 0 N–H and O–H groups in total. The van der Waals surface area contributed by atoms with Gasteiger partial charge in [0.1, 0.15) is 5.69 Å². The van der Waals surface area contributed by atoms with E-state index >= 15 is 0 Å². The van der Waals surface area contributed by atoms with Crippen molar-refractivity contribution in [2.24, 2.45) is 0 Å². The average molecular weight is 554 g/mol. The second-order valence-electron chi connectivity index (χ2n) is 9.82. The molecule has 12 heteroatoms. The Balaban J connectivity index is 1.31. The largest absolute Gasteiger partial charge is 0.378 e. The van der Waals surface area contributed by atoms with E-state index < -0.39 is 10.0 Å². The smallest absolute Gasteiger partial charge is 0.211 e. The van der Waals surface area contributed by atoms with Gasteiger partial charge in [0.25, 0.3) is 0 Å². The maximum atomic E-state index is 11.9. The highest BCUT2D eigenvalue weighted by Crippen LogP contribution is 2.35. The third-order valence-electron chi connectivity index (χ3n) is 6.98. The van der Waals surface area contributed by atoms with Gasteiger partial charge in [-0.25, -0.2) is 23.1 Å². The lowest BCUT2D eigenvalue weighted by Gasteiger charge is -2.32. The Labute approximate surface area is 226 Å². The van der Waals surface area contributed by atoms with E-state index in [1.165, 1.54) is 16.7 Å². The molecule has 2 aliphatic heterocycles. The lowest BCUT2D eigenvalue weighted by molar-refractivity contribution is 0.122. The minimum absolute atomic E-state index is 0.524. The number of morpholine rings is 1. The second kappa shape index (κ2) is 10.3. The van der Waals surface area contributed by atoms with E-state index in [9.17, 15) is 8.42 Å². The van der Waals surface area contributed by atoms with Gasteiger partial charge in [0.15, 0.2) is 11.6 Å². The molecule has 2 saturated heterocycles. The quantitative estimate of drug-likeness (QED) is 0.360. The van der Waals surface area contributed by atoms with Gasteiger partial charge < -0.3 is 9.64 Å². The molecule has 0 unspecified atom stereocenters. The SMILES string of the molecule is Cc1cccc(-n2ccc(-c3nc(N4CCOCC4)c4sc(CN5CCN(S(C)(=O)=O)CC5)cc4n3)n2)c1. The molecular weight excluding hydrogens is 522 g/mol. The number of nitrogens with zero attached hydrogens (tertiary/aromatic N) is 7. The van der Waals surface area contributed by atoms with E-state index in [1.54, 1.807) is 15.6 Å². The molecule has 0 radical (unpaired) electrons. The summed E-state index contributed by atoms with van der Waals surface area (Å²) in [6, 6.07) is 12.3. The molecule has 0 amide bonds. The van der Waals surface area contributed by atoms with Crippen LogP contribution in [-0.2, 0) is 21.3 Å². The fourth-order valence-electron chi connectivity index (χ4n) is 4.94. The Morgan fingerprint density at radius 2 is 1.79 bits per heavy atom. The van der Waals surface area contributed by atoms with Crippen molar-refractivity contribution in [1.82, 2.24) is 29.0 Å². The fourth-order valence-corrected chi connectivity index (χ4v) is 6.92. The summed E-state index contributed by atoms with van der Waals surface area (Å²) in [5.74, 6) is 1.54. The van der Waals surface area contributed by atoms with Gasteiger partial charge in [-0.1, -0.05) is 12.1 Å². The van der Waals surface area contributed by atoms with Crippen LogP contribution in [-0.4, -0.2) is 96.1 Å². The van der Waals surface area contributed by atoms with Crippen molar-refractivity contribution in [2.75, 3.05) is 63.6 Å². The van der Waals surface area contributed by atoms with Gasteiger partial charge in [-0.05, 0) is 36.8 Å². The van der Waals surface area contributed by atoms with Crippen molar-refractivity contribution in [2.45, 2.75) is 13.5 Å². The molecule has 0 bridgehead atoms. The third-order valence-corrected chi connectivity index (χ3v) is 9.39. The first-order valence-electron chi connectivity index (χ1n) is 12.8. The molecule has 10 nitrogen and oxygen atoms in total. The molecule has 0 spiro atoms. The van der Waals surface area contributed by atoms with Crippen LogP contribution in [0.25, 0.3) is 27.4 Å². The van der Waals surface area contributed by atoms with Gasteiger partial charge >= 0.3 is 0 Å². The number of rotatable bonds is 6. The van der Waals surface area contributed by atoms with Gasteiger partial charge in [-0.2, -0.15) is 9.40 Å². The summed E-state index contributed by atoms with van der Waals surface area (Å²) < 4.78 is 33.8. The zero-order valence-electron chi connectivity index (χ0n) is 21.6. The number of aryl methyl sites for hydroxylation is 1. The zero-order valence-corrected chi connectivity index (χ0v) is 23.2. The molecular formula is C26H31N7O3S2. The van der Waals surface area contributed by atoms with Crippen LogP contribution in [0.15, 0.2) is 42.6 Å². The molecule has 4 aromatic rings. The fraction of sp³-hybridized carbons (Fsp3) is 0.423. The van der Waals surface area contributed by atoms with Gasteiger partial charge in [-0.3, -0.25) is 4.90 Å². The lowest BCUT2D eigenvalue weighted by Crippen LogP contribution is -2.47. The average Bonchev–Trinajstić information content (AvgIpc) is 3.56. The van der Waals surface area contributed by atoms with Gasteiger partial charge in [0, 0.05) is 56.9 Å². The molecule has 5 heterocycles. The number of hydrogen-bond donors (Lipinski definition) is 0. The van der Waals surface area contributed by atoms with Crippen molar-refractivity contribution in [1.29, 1.82) is 0 Å². The highest BCUT2D eigenvalue weighted by molar-refractivity contribution is 7.88. The van der Waals surface area contributed by atoms with Gasteiger partial charge in [-0.15, -0.1) is 11.3 Å². The summed E-state index contributed by atoms with van der Waals surface area (Å²) in [7, 11) is -3.14. The van der Waals surface area contributed by atoms with Crippen LogP contribution >= 0.6 is 11.3 Å². The van der Waals surface area contributed by atoms with Crippen molar-refractivity contribution in [3.05, 3.63) is 53.0 Å². The van der Waals surface area contributed by atoms with Crippen LogP contribution in [0.1, 0.15) is 10.4 Å². The monoisotopic (exact) mass is 553 g/mol. The number of fused-ring (bicyclic) bond motifs is 1. The highest BCUT2D eigenvalue weighted by atomic mass is 32.2. The number of ether oxygens (including phenoxy) is 1. The van der Waals surface area contributed by atoms with Crippen LogP contribution in [0.4, 0.5) is 5.82 Å². The molecule has 6 rings (SSSR count). The van der Waals surface area contributed by atoms with Crippen molar-refractivity contribution in [3.8, 4) is 17.2 Å². The molecule has 38 heavy (non-hydrogen) atoms. The number of hydrogen-bond acceptors (Lipinski definition) is 9. The van der Waals surface area contributed by atoms with E-state index in [2.05, 4.69) is 34.9 Å². The summed E-state index contributed by atoms with van der Waals surface area (Å²) in [5.41, 5.74) is 3.82. The van der Waals surface area contributed by atoms with E-state index in [0.717, 1.165) is 47.1 Å². The highest BCUT2D eigenvalue weighted by Gasteiger charge is 2.25. The number of sulfonamides is 1. The van der Waals surface area contributed by atoms with E-state index in [1.807, 2.05) is 29.1 Å². The number of aromatic nitrogens is 4. The topological polar surface area (TPSA) is 96.7 Å². The zero-order chi connectivity index (χ0) is 26.3. The van der Waals surface area contributed by atoms with Gasteiger partial charge in [0.2, 0.25) is 10.0 Å². The second-order valence-corrected chi connectivity index (χ2v) is 12.9. The maximum absolute atomic E-state index is 11.9. The molecule has 0 aliphatic carbocycles. The Morgan fingerprint density at radius 3 is 2.53 bits per heavy atom. The summed E-state index contributed by atoms with van der Waals surface area (Å²) in [4.78, 5) is 15.7. The van der Waals surface area contributed by atoms with Gasteiger partial charge in [0.05, 0.1) is 35.4 Å². The molecule has 2 fully saturated rings. The first kappa shape index (κ1) is 25.4. The predicted octanol–water partition coefficient (Wildman–Crippen LogP) is 2.77. The van der Waals surface area contributed by atoms with E-state index in [-0.39, 0.29) is 0 Å². The minimum atomic E-state index is -3.14. The lowest BCUT2D eigenvalue weighted by atomic mass is 10.2. The molecule has 2 aliphatic rings. The summed E-state index contributed by atoms with van der Waals surface area (Å²) in [6.07, 6.45) is 3.23. The summed E-state index contributed by atoms with van der Waals surface area (Å²) in [5, 5.41) is 4.80. The molecule has 1 aromatic carbocycles. The van der Waals surface area contributed by atoms with E-state index in [0.29, 0.717) is 45.2 Å². The first-order chi connectivity index (χ1) is 18.3. The van der Waals surface area contributed by atoms with Crippen LogP contribution in [0, 0.1) is 6.92 Å². The Kier molecular flexibility index (Phi) is 6.91. The summed E-state index contributed by atoms with van der Waals surface area (Å²) >= 11 is 1.72. The minimum Gasteiger partial charge on any atom is -0.378 e. The normalized spacial score (nSPS) is 17.9. The predicted molar refractivity (Wildman–Crippen MR) is 149 cm³/mol. The molecule has 3 aromatic heterocycles. The Morgan fingerprint density at radius 1 is 1.00 bits per heavy atom. The molecule has 200 valence electrons. The Bertz CT molecular complexity index is 1550. The van der Waals surface area contributed by atoms with Crippen LogP contribution in [0.2, 0.25) is 0 Å². The number of benzene rings is 1. The Hall–Kier alpha value is -2.90. The maximum Gasteiger partial charge on any atom is 0.211 e. The number of piperazine rings is 1. The van der Waals surface area contributed by atoms with Crippen LogP contribution < -0.4 is 4.90 Å². The van der Waals surface area contributed by atoms with Crippen molar-refractivity contribution in [3.63, 3.8) is 0 Å². The summed E-state index contributed by atoms with van der Waals surface area (Å²) in [6.45, 7) is 8.21. The van der Waals surface area contributed by atoms with Crippen LogP contribution in [0.5, 0.6) is 0 Å². The van der Waals surface area contributed by atoms with Crippen molar-refractivity contribution < 1.29 is 13.2 Å². The molecule has 0 atom stereocenters. The van der Waals surface area contributed by atoms with E-state index in [4.69, 9.17) is 19.8 Å². The van der Waals surface area contributed by atoms with Crippen molar-refractivity contribution >= 4 is 37.4 Å². The molecule has 0 saturated carbocycles. The van der Waals surface area contributed by atoms with Crippen LogP contribution in [0.3, 0.4) is 0 Å². The standard InChI is InChI=1S/C26H31N7O3S2/c1-19-4-3-5-20(16-19)33-7-6-22(29-33)25-27-23-17-21(18-30-8-10-32(11-9-30)38(2,34)35)37-24(23)26(28-25)31-12-14-36-15-13-31/h3-7,16-17H,8-15,18H2,1-2H3. The number of thiophene rings is 1. The number of anilines is 1. The third kappa shape index (κ3) is 5.32.